The van der Waals surface area contributed by atoms with Crippen molar-refractivity contribution in [1.82, 2.24) is 15.3 Å². The molecule has 1 aliphatic heterocycles. The van der Waals surface area contributed by atoms with Crippen LogP contribution in [-0.2, 0) is 0 Å². The molecule has 1 fully saturated rings. The molecule has 1 unspecified atom stereocenters. The Balaban J connectivity index is 1.82. The number of ketones is 1. The number of ether oxygens (including phenoxy) is 1. The summed E-state index contributed by atoms with van der Waals surface area (Å²) < 4.78 is 5.85. The number of nitrogens with one attached hydrogen (secondary N) is 1. The van der Waals surface area contributed by atoms with Crippen LogP contribution in [0.1, 0.15) is 29.3 Å². The van der Waals surface area contributed by atoms with Crippen molar-refractivity contribution in [3.05, 3.63) is 53.1 Å². The van der Waals surface area contributed by atoms with Crippen LogP contribution in [0.3, 0.4) is 0 Å². The van der Waals surface area contributed by atoms with Gasteiger partial charge in [-0.1, -0.05) is 11.6 Å². The summed E-state index contributed by atoms with van der Waals surface area (Å²) in [6.07, 6.45) is 5.76. The highest BCUT2D eigenvalue weighted by molar-refractivity contribution is 6.33. The van der Waals surface area contributed by atoms with E-state index in [0.717, 1.165) is 13.0 Å². The molecule has 5 nitrogen and oxygen atoms in total. The van der Waals surface area contributed by atoms with E-state index in [4.69, 9.17) is 16.3 Å². The fourth-order valence-electron chi connectivity index (χ4n) is 2.31. The molecule has 0 radical (unpaired) electrons. The molecule has 0 aliphatic carbocycles. The van der Waals surface area contributed by atoms with Gasteiger partial charge in [-0.05, 0) is 38.1 Å². The third kappa shape index (κ3) is 3.10. The van der Waals surface area contributed by atoms with Crippen molar-refractivity contribution in [3.8, 4) is 5.75 Å². The van der Waals surface area contributed by atoms with Crippen LogP contribution < -0.4 is 10.1 Å². The summed E-state index contributed by atoms with van der Waals surface area (Å²) in [4.78, 5) is 20.5. The highest BCUT2D eigenvalue weighted by Crippen LogP contribution is 2.24. The number of aromatic nitrogens is 2. The second-order valence-corrected chi connectivity index (χ2v) is 5.61. The van der Waals surface area contributed by atoms with Gasteiger partial charge in [0.2, 0.25) is 0 Å². The maximum Gasteiger partial charge on any atom is 0.197 e. The number of pyridine rings is 2. The van der Waals surface area contributed by atoms with Crippen LogP contribution in [-0.4, -0.2) is 34.4 Å². The molecule has 3 heterocycles. The molecule has 1 N–H and O–H groups in total. The zero-order chi connectivity index (χ0) is 15.5. The van der Waals surface area contributed by atoms with E-state index in [-0.39, 0.29) is 17.0 Å². The smallest absolute Gasteiger partial charge is 0.197 e. The second-order valence-electron chi connectivity index (χ2n) is 5.25. The molecule has 0 saturated carbocycles. The monoisotopic (exact) mass is 317 g/mol. The van der Waals surface area contributed by atoms with Gasteiger partial charge < -0.3 is 10.1 Å². The summed E-state index contributed by atoms with van der Waals surface area (Å²) in [5, 5.41) is 3.46. The minimum absolute atomic E-state index is 0.0121. The first kappa shape index (κ1) is 14.9. The third-order valence-electron chi connectivity index (χ3n) is 3.73. The van der Waals surface area contributed by atoms with Gasteiger partial charge in [0.1, 0.15) is 17.0 Å². The van der Waals surface area contributed by atoms with E-state index in [1.165, 1.54) is 12.4 Å². The summed E-state index contributed by atoms with van der Waals surface area (Å²) in [5.74, 6) is 0.323. The van der Waals surface area contributed by atoms with E-state index in [1.54, 1.807) is 24.4 Å². The molecule has 3 rings (SSSR count). The summed E-state index contributed by atoms with van der Waals surface area (Å²) >= 11 is 6.06. The maximum atomic E-state index is 12.5. The van der Waals surface area contributed by atoms with Crippen LogP contribution in [0, 0.1) is 0 Å². The second kappa shape index (κ2) is 6.42. The van der Waals surface area contributed by atoms with Crippen molar-refractivity contribution in [2.75, 3.05) is 6.54 Å². The highest BCUT2D eigenvalue weighted by atomic mass is 35.5. The van der Waals surface area contributed by atoms with Gasteiger partial charge in [0.05, 0.1) is 11.8 Å². The Morgan fingerprint density at radius 2 is 2.32 bits per heavy atom. The standard InChI is InChI=1S/C16H16ClN3O2/c1-10(14-4-6-19-14)22-12-7-13(16(17)20-9-12)15(21)11-3-2-5-18-8-11/h2-3,5,7-10,14,19H,4,6H2,1H3/t10?,14-/m1/s1. The van der Waals surface area contributed by atoms with Gasteiger partial charge in [-0.25, -0.2) is 4.98 Å². The fourth-order valence-corrected chi connectivity index (χ4v) is 2.50. The number of rotatable bonds is 5. The lowest BCUT2D eigenvalue weighted by molar-refractivity contribution is 0.103. The summed E-state index contributed by atoms with van der Waals surface area (Å²) in [6.45, 7) is 3.01. The summed E-state index contributed by atoms with van der Waals surface area (Å²) in [5.41, 5.74) is 0.790. The van der Waals surface area contributed by atoms with E-state index in [9.17, 15) is 4.79 Å². The van der Waals surface area contributed by atoms with E-state index in [0.29, 0.717) is 22.9 Å². The largest absolute Gasteiger partial charge is 0.487 e. The number of carbonyl (C=O) groups excluding carboxylic acids is 1. The molecular formula is C16H16ClN3O2. The zero-order valence-corrected chi connectivity index (χ0v) is 12.9. The van der Waals surface area contributed by atoms with Gasteiger partial charge in [-0.15, -0.1) is 0 Å². The van der Waals surface area contributed by atoms with E-state index >= 15 is 0 Å². The van der Waals surface area contributed by atoms with Crippen LogP contribution in [0.15, 0.2) is 36.8 Å². The first-order valence-corrected chi connectivity index (χ1v) is 7.53. The highest BCUT2D eigenvalue weighted by Gasteiger charge is 2.25. The Bertz CT molecular complexity index is 674. The average Bonchev–Trinajstić information content (AvgIpc) is 2.47. The van der Waals surface area contributed by atoms with Gasteiger partial charge in [-0.2, -0.15) is 0 Å². The predicted octanol–water partition coefficient (Wildman–Crippen LogP) is 2.49. The van der Waals surface area contributed by atoms with Crippen molar-refractivity contribution in [2.24, 2.45) is 0 Å². The Morgan fingerprint density at radius 1 is 1.50 bits per heavy atom. The lowest BCUT2D eigenvalue weighted by Crippen LogP contribution is -2.51. The molecule has 2 atom stereocenters. The number of carbonyl (C=O) groups is 1. The van der Waals surface area contributed by atoms with E-state index < -0.39 is 0 Å². The molecule has 0 amide bonds. The molecule has 1 aliphatic rings. The van der Waals surface area contributed by atoms with Gasteiger partial charge in [0.25, 0.3) is 0 Å². The minimum atomic E-state index is -0.217. The van der Waals surface area contributed by atoms with Crippen molar-refractivity contribution >= 4 is 17.4 Å². The number of hydrogen-bond donors (Lipinski definition) is 1. The quantitative estimate of drug-likeness (QED) is 0.678. The topological polar surface area (TPSA) is 64.1 Å². The van der Waals surface area contributed by atoms with Crippen LogP contribution in [0.4, 0.5) is 0 Å². The average molecular weight is 318 g/mol. The SMILES string of the molecule is CC(Oc1cnc(Cl)c(C(=O)c2cccnc2)c1)[C@H]1CCN1. The number of nitrogens with zero attached hydrogens (tertiary/aromatic N) is 2. The Kier molecular flexibility index (Phi) is 4.36. The van der Waals surface area contributed by atoms with Crippen LogP contribution in [0.5, 0.6) is 5.75 Å². The van der Waals surface area contributed by atoms with Crippen molar-refractivity contribution < 1.29 is 9.53 Å². The van der Waals surface area contributed by atoms with E-state index in [1.807, 2.05) is 6.92 Å². The Labute approximate surface area is 133 Å². The molecule has 22 heavy (non-hydrogen) atoms. The van der Waals surface area contributed by atoms with Gasteiger partial charge >= 0.3 is 0 Å². The normalized spacial score (nSPS) is 18.4. The molecule has 0 spiro atoms. The predicted molar refractivity (Wildman–Crippen MR) is 83.4 cm³/mol. The van der Waals surface area contributed by atoms with Crippen molar-refractivity contribution in [1.29, 1.82) is 0 Å². The van der Waals surface area contributed by atoms with Crippen molar-refractivity contribution in [2.45, 2.75) is 25.5 Å². The van der Waals surface area contributed by atoms with Crippen LogP contribution in [0.2, 0.25) is 5.15 Å². The molecule has 2 aromatic rings. The Morgan fingerprint density at radius 3 is 2.95 bits per heavy atom. The molecular weight excluding hydrogens is 302 g/mol. The molecule has 6 heteroatoms. The lowest BCUT2D eigenvalue weighted by Gasteiger charge is -2.33. The van der Waals surface area contributed by atoms with Crippen molar-refractivity contribution in [3.63, 3.8) is 0 Å². The van der Waals surface area contributed by atoms with E-state index in [2.05, 4.69) is 15.3 Å². The fraction of sp³-hybridized carbons (Fsp3) is 0.312. The number of hydrogen-bond acceptors (Lipinski definition) is 5. The molecule has 2 aromatic heterocycles. The number of halogens is 1. The van der Waals surface area contributed by atoms with Crippen LogP contribution >= 0.6 is 11.6 Å². The first-order valence-electron chi connectivity index (χ1n) is 7.15. The third-order valence-corrected chi connectivity index (χ3v) is 4.03. The van der Waals surface area contributed by atoms with Gasteiger partial charge in [0, 0.05) is 24.0 Å². The molecule has 0 aromatic carbocycles. The zero-order valence-electron chi connectivity index (χ0n) is 12.1. The van der Waals surface area contributed by atoms with Gasteiger partial charge in [0.15, 0.2) is 5.78 Å². The van der Waals surface area contributed by atoms with Gasteiger partial charge in [-0.3, -0.25) is 9.78 Å². The lowest BCUT2D eigenvalue weighted by atomic mass is 10.0. The first-order chi connectivity index (χ1) is 10.6. The summed E-state index contributed by atoms with van der Waals surface area (Å²) in [6, 6.07) is 5.38. The van der Waals surface area contributed by atoms with Crippen LogP contribution in [0.25, 0.3) is 0 Å². The molecule has 114 valence electrons. The molecule has 0 bridgehead atoms. The minimum Gasteiger partial charge on any atom is -0.487 e. The maximum absolute atomic E-state index is 12.5. The Hall–Kier alpha value is -1.98. The molecule has 1 saturated heterocycles. The summed E-state index contributed by atoms with van der Waals surface area (Å²) in [7, 11) is 0.